The fourth-order valence-corrected chi connectivity index (χ4v) is 2.89. The van der Waals surface area contributed by atoms with Gasteiger partial charge in [0.2, 0.25) is 0 Å². The monoisotopic (exact) mass is 397 g/mol. The molecule has 0 spiro atoms. The summed E-state index contributed by atoms with van der Waals surface area (Å²) < 4.78 is 18.9. The summed E-state index contributed by atoms with van der Waals surface area (Å²) in [6.45, 7) is 4.28. The third-order valence-corrected chi connectivity index (χ3v) is 4.55. The number of aryl methyl sites for hydroxylation is 1. The van der Waals surface area contributed by atoms with Gasteiger partial charge in [0.05, 0.1) is 29.6 Å². The Morgan fingerprint density at radius 2 is 1.68 bits per heavy atom. The summed E-state index contributed by atoms with van der Waals surface area (Å²) in [6.07, 6.45) is 0. The van der Waals surface area contributed by atoms with Gasteiger partial charge in [-0.3, -0.25) is 4.79 Å². The molecule has 0 saturated carbocycles. The number of hydrogen-bond donors (Lipinski definition) is 1. The van der Waals surface area contributed by atoms with E-state index >= 15 is 0 Å². The van der Waals surface area contributed by atoms with E-state index in [1.165, 1.54) is 0 Å². The zero-order valence-corrected chi connectivity index (χ0v) is 16.3. The molecule has 1 amide bonds. The largest absolute Gasteiger partial charge is 0.487 e. The highest BCUT2D eigenvalue weighted by molar-refractivity contribution is 6.99. The van der Waals surface area contributed by atoms with Crippen LogP contribution in [0, 0.1) is 6.92 Å². The van der Waals surface area contributed by atoms with Gasteiger partial charge in [-0.15, -0.1) is 0 Å². The maximum atomic E-state index is 12.4. The van der Waals surface area contributed by atoms with Crippen LogP contribution in [0.3, 0.4) is 0 Å². The Balaban J connectivity index is 1.57. The fraction of sp³-hybridized carbons (Fsp3) is 0.200. The normalized spacial score (nSPS) is 10.4. The maximum absolute atomic E-state index is 12.4. The van der Waals surface area contributed by atoms with E-state index in [0.29, 0.717) is 35.8 Å². The number of esters is 1. The van der Waals surface area contributed by atoms with Crippen molar-refractivity contribution >= 4 is 29.3 Å². The predicted molar refractivity (Wildman–Crippen MR) is 106 cm³/mol. The number of ether oxygens (including phenoxy) is 2. The molecule has 0 unspecified atom stereocenters. The Labute approximate surface area is 166 Å². The first-order valence-electron chi connectivity index (χ1n) is 8.66. The molecule has 8 heteroatoms. The van der Waals surface area contributed by atoms with Crippen LogP contribution in [0.1, 0.15) is 39.0 Å². The van der Waals surface area contributed by atoms with E-state index in [4.69, 9.17) is 9.47 Å². The number of aromatic nitrogens is 2. The SMILES string of the molecule is CCOC(=O)c1ccc(NC(=O)c2ccc(OCc3nsnc3C)cc2)cc1. The molecule has 0 aliphatic rings. The number of carbonyl (C=O) groups is 2. The summed E-state index contributed by atoms with van der Waals surface area (Å²) in [5, 5.41) is 2.79. The maximum Gasteiger partial charge on any atom is 0.338 e. The number of nitrogens with one attached hydrogen (secondary N) is 1. The van der Waals surface area contributed by atoms with Crippen molar-refractivity contribution in [3.8, 4) is 5.75 Å². The minimum Gasteiger partial charge on any atom is -0.487 e. The summed E-state index contributed by atoms with van der Waals surface area (Å²) in [5.74, 6) is -0.00249. The first kappa shape index (κ1) is 19.5. The van der Waals surface area contributed by atoms with Crippen LogP contribution in [-0.4, -0.2) is 27.2 Å². The Hall–Kier alpha value is -3.26. The molecule has 0 atom stereocenters. The fourth-order valence-electron chi connectivity index (χ4n) is 2.34. The minimum atomic E-state index is -0.389. The Bertz CT molecular complexity index is 952. The highest BCUT2D eigenvalue weighted by Gasteiger charge is 2.10. The Morgan fingerprint density at radius 3 is 2.29 bits per heavy atom. The van der Waals surface area contributed by atoms with E-state index in [1.807, 2.05) is 6.92 Å². The van der Waals surface area contributed by atoms with Gasteiger partial charge >= 0.3 is 5.97 Å². The molecule has 0 fully saturated rings. The molecule has 2 aromatic carbocycles. The molecule has 1 aromatic heterocycles. The van der Waals surface area contributed by atoms with Gasteiger partial charge in [0.1, 0.15) is 18.1 Å². The number of amides is 1. The minimum absolute atomic E-state index is 0.255. The smallest absolute Gasteiger partial charge is 0.338 e. The lowest BCUT2D eigenvalue weighted by molar-refractivity contribution is 0.0526. The molecule has 0 saturated heterocycles. The molecule has 1 heterocycles. The van der Waals surface area contributed by atoms with Crippen molar-refractivity contribution in [2.24, 2.45) is 0 Å². The van der Waals surface area contributed by atoms with E-state index in [9.17, 15) is 9.59 Å². The third-order valence-electron chi connectivity index (χ3n) is 3.89. The lowest BCUT2D eigenvalue weighted by atomic mass is 10.1. The van der Waals surface area contributed by atoms with E-state index in [-0.39, 0.29) is 11.9 Å². The summed E-state index contributed by atoms with van der Waals surface area (Å²) >= 11 is 1.15. The van der Waals surface area contributed by atoms with Gasteiger partial charge in [0.15, 0.2) is 0 Å². The van der Waals surface area contributed by atoms with Crippen LogP contribution in [0.2, 0.25) is 0 Å². The van der Waals surface area contributed by atoms with Crippen molar-refractivity contribution < 1.29 is 19.1 Å². The highest BCUT2D eigenvalue weighted by Crippen LogP contribution is 2.17. The number of carbonyl (C=O) groups excluding carboxylic acids is 2. The first-order chi connectivity index (χ1) is 13.6. The molecule has 0 radical (unpaired) electrons. The zero-order valence-electron chi connectivity index (χ0n) is 15.5. The van der Waals surface area contributed by atoms with Crippen molar-refractivity contribution in [2.45, 2.75) is 20.5 Å². The molecule has 3 rings (SSSR count). The van der Waals surface area contributed by atoms with Gasteiger partial charge in [0, 0.05) is 11.3 Å². The second-order valence-electron chi connectivity index (χ2n) is 5.86. The Kier molecular flexibility index (Phi) is 6.33. The molecule has 0 bridgehead atoms. The molecule has 28 heavy (non-hydrogen) atoms. The van der Waals surface area contributed by atoms with Crippen molar-refractivity contribution in [3.63, 3.8) is 0 Å². The highest BCUT2D eigenvalue weighted by atomic mass is 32.1. The number of nitrogens with zero attached hydrogens (tertiary/aromatic N) is 2. The van der Waals surface area contributed by atoms with Gasteiger partial charge in [-0.2, -0.15) is 8.75 Å². The molecule has 0 aliphatic carbocycles. The number of anilines is 1. The van der Waals surface area contributed by atoms with Crippen LogP contribution in [-0.2, 0) is 11.3 Å². The van der Waals surface area contributed by atoms with E-state index in [2.05, 4.69) is 14.1 Å². The van der Waals surface area contributed by atoms with Crippen molar-refractivity contribution in [1.29, 1.82) is 0 Å². The molecule has 144 valence electrons. The van der Waals surface area contributed by atoms with Gasteiger partial charge in [-0.1, -0.05) is 0 Å². The second kappa shape index (κ2) is 9.09. The van der Waals surface area contributed by atoms with Crippen LogP contribution in [0.15, 0.2) is 48.5 Å². The van der Waals surface area contributed by atoms with Crippen LogP contribution >= 0.6 is 11.7 Å². The van der Waals surface area contributed by atoms with E-state index < -0.39 is 0 Å². The number of hydrogen-bond acceptors (Lipinski definition) is 7. The van der Waals surface area contributed by atoms with Crippen molar-refractivity contribution in [3.05, 3.63) is 71.0 Å². The van der Waals surface area contributed by atoms with Gasteiger partial charge < -0.3 is 14.8 Å². The van der Waals surface area contributed by atoms with Crippen LogP contribution < -0.4 is 10.1 Å². The molecular weight excluding hydrogens is 378 g/mol. The van der Waals surface area contributed by atoms with Gasteiger partial charge in [-0.25, -0.2) is 4.79 Å². The average molecular weight is 397 g/mol. The summed E-state index contributed by atoms with van der Waals surface area (Å²) in [5.41, 5.74) is 3.18. The lowest BCUT2D eigenvalue weighted by Gasteiger charge is -2.08. The number of benzene rings is 2. The van der Waals surface area contributed by atoms with Gasteiger partial charge in [-0.05, 0) is 62.4 Å². The lowest BCUT2D eigenvalue weighted by Crippen LogP contribution is -2.12. The first-order valence-corrected chi connectivity index (χ1v) is 9.39. The van der Waals surface area contributed by atoms with Crippen LogP contribution in [0.5, 0.6) is 5.75 Å². The summed E-state index contributed by atoms with van der Waals surface area (Å²) in [7, 11) is 0. The van der Waals surface area contributed by atoms with Crippen LogP contribution in [0.4, 0.5) is 5.69 Å². The zero-order chi connectivity index (χ0) is 19.9. The quantitative estimate of drug-likeness (QED) is 0.609. The van der Waals surface area contributed by atoms with E-state index in [1.54, 1.807) is 55.5 Å². The van der Waals surface area contributed by atoms with Crippen molar-refractivity contribution in [2.75, 3.05) is 11.9 Å². The molecule has 3 aromatic rings. The molecule has 1 N–H and O–H groups in total. The standard InChI is InChI=1S/C20H19N3O4S/c1-3-26-20(25)15-4-8-16(9-5-15)21-19(24)14-6-10-17(11-7-14)27-12-18-13(2)22-28-23-18/h4-11H,3,12H2,1-2H3,(H,21,24). The second-order valence-corrected chi connectivity index (χ2v) is 6.39. The summed E-state index contributed by atoms with van der Waals surface area (Å²) in [4.78, 5) is 24.0. The van der Waals surface area contributed by atoms with Crippen LogP contribution in [0.25, 0.3) is 0 Å². The topological polar surface area (TPSA) is 90.4 Å². The molecular formula is C20H19N3O4S. The van der Waals surface area contributed by atoms with Gasteiger partial charge in [0.25, 0.3) is 5.91 Å². The Morgan fingerprint density at radius 1 is 1.00 bits per heavy atom. The van der Waals surface area contributed by atoms with Crippen molar-refractivity contribution in [1.82, 2.24) is 8.75 Å². The molecule has 0 aliphatic heterocycles. The predicted octanol–water partition coefficient (Wildman–Crippen LogP) is 3.85. The van der Waals surface area contributed by atoms with E-state index in [0.717, 1.165) is 23.1 Å². The molecule has 7 nitrogen and oxygen atoms in total. The average Bonchev–Trinajstić information content (AvgIpc) is 3.12. The third kappa shape index (κ3) is 4.92. The summed E-state index contributed by atoms with van der Waals surface area (Å²) in [6, 6.07) is 13.4. The number of rotatable bonds is 7.